The highest BCUT2D eigenvalue weighted by Crippen LogP contribution is 2.22. The minimum absolute atomic E-state index is 0.203. The van der Waals surface area contributed by atoms with E-state index in [0.29, 0.717) is 0 Å². The third kappa shape index (κ3) is 6.26. The molecule has 1 aromatic rings. The Balaban J connectivity index is 1.74. The van der Waals surface area contributed by atoms with Gasteiger partial charge >= 0.3 is 0 Å². The van der Waals surface area contributed by atoms with Gasteiger partial charge in [0.2, 0.25) is 0 Å². The highest BCUT2D eigenvalue weighted by Gasteiger charge is 2.14. The van der Waals surface area contributed by atoms with Gasteiger partial charge in [-0.15, -0.1) is 0 Å². The van der Waals surface area contributed by atoms with Crippen molar-refractivity contribution < 1.29 is 0 Å². The van der Waals surface area contributed by atoms with Crippen LogP contribution in [-0.4, -0.2) is 59.6 Å². The number of benzene rings is 1. The van der Waals surface area contributed by atoms with Crippen LogP contribution in [0.5, 0.6) is 0 Å². The topological polar surface area (TPSA) is 18.5 Å². The summed E-state index contributed by atoms with van der Waals surface area (Å²) in [6.45, 7) is 12.0. The molecule has 1 heterocycles. The number of thioether (sulfide) groups is 1. The van der Waals surface area contributed by atoms with Gasteiger partial charge in [0.1, 0.15) is 0 Å². The molecule has 0 aromatic heterocycles. The molecule has 24 heavy (non-hydrogen) atoms. The fourth-order valence-corrected chi connectivity index (χ4v) is 3.88. The second-order valence-electron chi connectivity index (χ2n) is 7.49. The van der Waals surface area contributed by atoms with E-state index < -0.39 is 0 Å². The summed E-state index contributed by atoms with van der Waals surface area (Å²) in [6.07, 6.45) is 0. The average Bonchev–Trinajstić information content (AvgIpc) is 2.55. The largest absolute Gasteiger partial charge is 0.361 e. The number of nitrogens with one attached hydrogen (secondary N) is 1. The molecule has 0 unspecified atom stereocenters. The fourth-order valence-electron chi connectivity index (χ4n) is 2.74. The Morgan fingerprint density at radius 3 is 2.42 bits per heavy atom. The molecule has 0 aliphatic carbocycles. The molecule has 0 spiro atoms. The Kier molecular flexibility index (Phi) is 7.38. The van der Waals surface area contributed by atoms with Crippen LogP contribution in [0.2, 0.25) is 0 Å². The maximum atomic E-state index is 5.52. The minimum Gasteiger partial charge on any atom is -0.361 e. The Bertz CT molecular complexity index is 516. The standard InChI is InChI=1S/C19H31N3S2/c1-19(2,3)17-7-5-16(6-8-17)15-21(4)18(23)20-9-10-22-11-13-24-14-12-22/h5-8H,9-15H2,1-4H3,(H,20,23). The molecule has 1 N–H and O–H groups in total. The first-order chi connectivity index (χ1) is 11.4. The molecule has 1 aliphatic rings. The lowest BCUT2D eigenvalue weighted by molar-refractivity contribution is 0.305. The Morgan fingerprint density at radius 1 is 1.21 bits per heavy atom. The lowest BCUT2D eigenvalue weighted by Crippen LogP contribution is -2.42. The van der Waals surface area contributed by atoms with E-state index in [1.807, 2.05) is 0 Å². The van der Waals surface area contributed by atoms with Crippen LogP contribution in [-0.2, 0) is 12.0 Å². The maximum absolute atomic E-state index is 5.52. The second-order valence-corrected chi connectivity index (χ2v) is 9.10. The van der Waals surface area contributed by atoms with Gasteiger partial charge in [0, 0.05) is 51.3 Å². The van der Waals surface area contributed by atoms with Crippen LogP contribution in [0.15, 0.2) is 24.3 Å². The molecule has 134 valence electrons. The van der Waals surface area contributed by atoms with Gasteiger partial charge in [-0.2, -0.15) is 11.8 Å². The van der Waals surface area contributed by atoms with Crippen LogP contribution in [0.4, 0.5) is 0 Å². The van der Waals surface area contributed by atoms with Gasteiger partial charge in [-0.05, 0) is 28.8 Å². The third-order valence-corrected chi connectivity index (χ3v) is 5.79. The Morgan fingerprint density at radius 2 is 1.83 bits per heavy atom. The zero-order valence-electron chi connectivity index (χ0n) is 15.5. The van der Waals surface area contributed by atoms with Crippen molar-refractivity contribution in [3.8, 4) is 0 Å². The summed E-state index contributed by atoms with van der Waals surface area (Å²) < 4.78 is 0. The molecule has 1 aliphatic heterocycles. The number of thiocarbonyl (C=S) groups is 1. The number of nitrogens with zero attached hydrogens (tertiary/aromatic N) is 2. The maximum Gasteiger partial charge on any atom is 0.169 e. The summed E-state index contributed by atoms with van der Waals surface area (Å²) in [6, 6.07) is 8.89. The molecule has 3 nitrogen and oxygen atoms in total. The molecule has 1 fully saturated rings. The first-order valence-corrected chi connectivity index (χ1v) is 10.3. The van der Waals surface area contributed by atoms with Crippen molar-refractivity contribution in [2.45, 2.75) is 32.7 Å². The number of hydrogen-bond donors (Lipinski definition) is 1. The van der Waals surface area contributed by atoms with E-state index >= 15 is 0 Å². The van der Waals surface area contributed by atoms with Crippen molar-refractivity contribution >= 4 is 29.1 Å². The summed E-state index contributed by atoms with van der Waals surface area (Å²) in [5.74, 6) is 2.52. The van der Waals surface area contributed by atoms with Crippen molar-refractivity contribution in [1.82, 2.24) is 15.1 Å². The van der Waals surface area contributed by atoms with Gasteiger partial charge in [-0.3, -0.25) is 4.90 Å². The van der Waals surface area contributed by atoms with Crippen molar-refractivity contribution in [3.05, 3.63) is 35.4 Å². The van der Waals surface area contributed by atoms with E-state index in [-0.39, 0.29) is 5.41 Å². The molecule has 0 atom stereocenters. The predicted octanol–water partition coefficient (Wildman–Crippen LogP) is 3.34. The van der Waals surface area contributed by atoms with E-state index in [2.05, 4.69) is 79.0 Å². The van der Waals surface area contributed by atoms with Crippen molar-refractivity contribution in [2.24, 2.45) is 0 Å². The number of rotatable bonds is 5. The molecular weight excluding hydrogens is 334 g/mol. The van der Waals surface area contributed by atoms with Crippen LogP contribution < -0.4 is 5.32 Å². The minimum atomic E-state index is 0.203. The molecule has 0 radical (unpaired) electrons. The number of hydrogen-bond acceptors (Lipinski definition) is 3. The third-order valence-electron chi connectivity index (χ3n) is 4.39. The highest BCUT2D eigenvalue weighted by atomic mass is 32.2. The average molecular weight is 366 g/mol. The van der Waals surface area contributed by atoms with Crippen LogP contribution >= 0.6 is 24.0 Å². The smallest absolute Gasteiger partial charge is 0.169 e. The lowest BCUT2D eigenvalue weighted by Gasteiger charge is -2.27. The molecule has 0 bridgehead atoms. The zero-order valence-corrected chi connectivity index (χ0v) is 17.1. The molecule has 1 saturated heterocycles. The quantitative estimate of drug-likeness (QED) is 0.804. The molecule has 1 aromatic carbocycles. The predicted molar refractivity (Wildman–Crippen MR) is 111 cm³/mol. The summed E-state index contributed by atoms with van der Waals surface area (Å²) in [5.41, 5.74) is 2.87. The van der Waals surface area contributed by atoms with Crippen molar-refractivity contribution in [2.75, 3.05) is 44.7 Å². The Hall–Kier alpha value is -0.780. The van der Waals surface area contributed by atoms with Crippen LogP contribution in [0, 0.1) is 0 Å². The van der Waals surface area contributed by atoms with E-state index in [1.165, 1.54) is 35.7 Å². The van der Waals surface area contributed by atoms with E-state index in [9.17, 15) is 0 Å². The van der Waals surface area contributed by atoms with Crippen molar-refractivity contribution in [1.29, 1.82) is 0 Å². The van der Waals surface area contributed by atoms with E-state index in [0.717, 1.165) is 24.7 Å². The summed E-state index contributed by atoms with van der Waals surface area (Å²) in [4.78, 5) is 4.63. The molecular formula is C19H31N3S2. The van der Waals surface area contributed by atoms with Gasteiger partial charge in [0.25, 0.3) is 0 Å². The van der Waals surface area contributed by atoms with Crippen molar-refractivity contribution in [3.63, 3.8) is 0 Å². The van der Waals surface area contributed by atoms with Gasteiger partial charge in [-0.1, -0.05) is 45.0 Å². The van der Waals surface area contributed by atoms with Gasteiger partial charge in [-0.25, -0.2) is 0 Å². The monoisotopic (exact) mass is 365 g/mol. The van der Waals surface area contributed by atoms with E-state index in [1.54, 1.807) is 0 Å². The normalized spacial score (nSPS) is 16.0. The summed E-state index contributed by atoms with van der Waals surface area (Å²) in [5, 5.41) is 4.23. The highest BCUT2D eigenvalue weighted by molar-refractivity contribution is 7.99. The molecule has 2 rings (SSSR count). The molecule has 5 heteroatoms. The SMILES string of the molecule is CN(Cc1ccc(C(C)(C)C)cc1)C(=S)NCCN1CCSCC1. The molecule has 0 saturated carbocycles. The zero-order chi connectivity index (χ0) is 17.6. The summed E-state index contributed by atoms with van der Waals surface area (Å²) >= 11 is 7.57. The van der Waals surface area contributed by atoms with Gasteiger partial charge in [0.15, 0.2) is 5.11 Å². The van der Waals surface area contributed by atoms with E-state index in [4.69, 9.17) is 12.2 Å². The Labute approximate surface area is 157 Å². The fraction of sp³-hybridized carbons (Fsp3) is 0.632. The molecule has 0 amide bonds. The van der Waals surface area contributed by atoms with Crippen LogP contribution in [0.25, 0.3) is 0 Å². The van der Waals surface area contributed by atoms with Gasteiger partial charge < -0.3 is 10.2 Å². The first-order valence-electron chi connectivity index (χ1n) is 8.75. The van der Waals surface area contributed by atoms with Crippen LogP contribution in [0.3, 0.4) is 0 Å². The second kappa shape index (κ2) is 9.07. The van der Waals surface area contributed by atoms with Gasteiger partial charge in [0.05, 0.1) is 0 Å². The van der Waals surface area contributed by atoms with Crippen LogP contribution in [0.1, 0.15) is 31.9 Å². The first kappa shape index (κ1) is 19.5. The summed E-state index contributed by atoms with van der Waals surface area (Å²) in [7, 11) is 2.06. The lowest BCUT2D eigenvalue weighted by atomic mass is 9.87.